The number of carbonyl (C=O) groups is 4. The van der Waals surface area contributed by atoms with Crippen LogP contribution in [0.15, 0.2) is 0 Å². The second-order valence-electron chi connectivity index (χ2n) is 3.31. The van der Waals surface area contributed by atoms with Crippen LogP contribution in [-0.2, 0) is 28.7 Å². The average Bonchev–Trinajstić information content (AvgIpc) is 2.25. The van der Waals surface area contributed by atoms with E-state index in [0.717, 1.165) is 6.92 Å². The highest BCUT2D eigenvalue weighted by Gasteiger charge is 2.22. The third kappa shape index (κ3) is 7.20. The van der Waals surface area contributed by atoms with Crippen LogP contribution in [0.3, 0.4) is 0 Å². The fourth-order valence-electron chi connectivity index (χ4n) is 1.01. The SMILES string of the molecule is CCOC(=O)C[C@H](NC(=O)COC(C)=O)C(N)=O. The lowest BCUT2D eigenvalue weighted by molar-refractivity contribution is -0.148. The molecule has 0 saturated heterocycles. The maximum atomic E-state index is 11.3. The van der Waals surface area contributed by atoms with Gasteiger partial charge in [0.15, 0.2) is 6.61 Å². The molecular formula is C10H16N2O6. The first-order valence-corrected chi connectivity index (χ1v) is 5.24. The first-order chi connectivity index (χ1) is 8.36. The zero-order chi connectivity index (χ0) is 14.1. The van der Waals surface area contributed by atoms with Crippen molar-refractivity contribution in [3.05, 3.63) is 0 Å². The molecular weight excluding hydrogens is 244 g/mol. The first kappa shape index (κ1) is 15.9. The summed E-state index contributed by atoms with van der Waals surface area (Å²) >= 11 is 0. The lowest BCUT2D eigenvalue weighted by Crippen LogP contribution is -2.47. The Hall–Kier alpha value is -2.12. The molecule has 0 aliphatic heterocycles. The molecule has 0 aliphatic carbocycles. The Morgan fingerprint density at radius 2 is 1.83 bits per heavy atom. The van der Waals surface area contributed by atoms with Gasteiger partial charge in [-0.15, -0.1) is 0 Å². The van der Waals surface area contributed by atoms with Gasteiger partial charge in [-0.1, -0.05) is 0 Å². The quantitative estimate of drug-likeness (QED) is 0.535. The Morgan fingerprint density at radius 1 is 1.22 bits per heavy atom. The molecule has 0 aromatic rings. The molecule has 0 spiro atoms. The Kier molecular flexibility index (Phi) is 7.10. The van der Waals surface area contributed by atoms with E-state index in [2.05, 4.69) is 14.8 Å². The van der Waals surface area contributed by atoms with Crippen molar-refractivity contribution < 1.29 is 28.7 Å². The number of hydrogen-bond donors (Lipinski definition) is 2. The highest BCUT2D eigenvalue weighted by Crippen LogP contribution is 1.95. The molecule has 0 bridgehead atoms. The number of nitrogens with two attached hydrogens (primary N) is 1. The van der Waals surface area contributed by atoms with Crippen molar-refractivity contribution in [1.29, 1.82) is 0 Å². The van der Waals surface area contributed by atoms with Crippen LogP contribution in [0.1, 0.15) is 20.3 Å². The van der Waals surface area contributed by atoms with Crippen molar-refractivity contribution in [3.8, 4) is 0 Å². The summed E-state index contributed by atoms with van der Waals surface area (Å²) in [5.74, 6) is -2.89. The van der Waals surface area contributed by atoms with Gasteiger partial charge in [0.2, 0.25) is 5.91 Å². The fraction of sp³-hybridized carbons (Fsp3) is 0.600. The van der Waals surface area contributed by atoms with Gasteiger partial charge in [-0.2, -0.15) is 0 Å². The Labute approximate surface area is 104 Å². The Balaban J connectivity index is 4.27. The second kappa shape index (κ2) is 8.04. The molecule has 1 atom stereocenters. The number of nitrogens with one attached hydrogen (secondary N) is 1. The molecule has 8 heteroatoms. The van der Waals surface area contributed by atoms with Crippen LogP contribution in [0, 0.1) is 0 Å². The van der Waals surface area contributed by atoms with Gasteiger partial charge >= 0.3 is 11.9 Å². The van der Waals surface area contributed by atoms with Gasteiger partial charge in [-0.3, -0.25) is 19.2 Å². The van der Waals surface area contributed by atoms with Gasteiger partial charge in [0.25, 0.3) is 5.91 Å². The molecule has 0 heterocycles. The smallest absolute Gasteiger partial charge is 0.308 e. The molecule has 0 rings (SSSR count). The van der Waals surface area contributed by atoms with Crippen LogP contribution in [-0.4, -0.2) is 43.0 Å². The van der Waals surface area contributed by atoms with Gasteiger partial charge in [-0.25, -0.2) is 0 Å². The Bertz CT molecular complexity index is 341. The lowest BCUT2D eigenvalue weighted by atomic mass is 10.2. The van der Waals surface area contributed by atoms with Crippen molar-refractivity contribution in [2.24, 2.45) is 5.73 Å². The van der Waals surface area contributed by atoms with Crippen LogP contribution in [0.25, 0.3) is 0 Å². The molecule has 0 radical (unpaired) electrons. The molecule has 0 fully saturated rings. The average molecular weight is 260 g/mol. The second-order valence-corrected chi connectivity index (χ2v) is 3.31. The predicted octanol–water partition coefficient (Wildman–Crippen LogP) is -1.53. The van der Waals surface area contributed by atoms with E-state index in [-0.39, 0.29) is 13.0 Å². The molecule has 102 valence electrons. The highest BCUT2D eigenvalue weighted by atomic mass is 16.5. The van der Waals surface area contributed by atoms with Gasteiger partial charge in [0.05, 0.1) is 13.0 Å². The highest BCUT2D eigenvalue weighted by molar-refractivity contribution is 5.90. The van der Waals surface area contributed by atoms with E-state index in [0.29, 0.717) is 0 Å². The summed E-state index contributed by atoms with van der Waals surface area (Å²) in [7, 11) is 0. The Morgan fingerprint density at radius 3 is 2.28 bits per heavy atom. The molecule has 0 aromatic carbocycles. The van der Waals surface area contributed by atoms with Crippen LogP contribution in [0.2, 0.25) is 0 Å². The minimum atomic E-state index is -1.19. The molecule has 0 aliphatic rings. The monoisotopic (exact) mass is 260 g/mol. The molecule has 18 heavy (non-hydrogen) atoms. The van der Waals surface area contributed by atoms with E-state index < -0.39 is 36.4 Å². The molecule has 2 amide bonds. The minimum absolute atomic E-state index is 0.158. The van der Waals surface area contributed by atoms with Gasteiger partial charge in [-0.05, 0) is 6.92 Å². The molecule has 0 saturated carbocycles. The standard InChI is InChI=1S/C10H16N2O6/c1-3-17-9(15)4-7(10(11)16)12-8(14)5-18-6(2)13/h7H,3-5H2,1-2H3,(H2,11,16)(H,12,14)/t7-/m0/s1. The molecule has 0 unspecified atom stereocenters. The number of carbonyl (C=O) groups excluding carboxylic acids is 4. The van der Waals surface area contributed by atoms with E-state index >= 15 is 0 Å². The molecule has 0 aromatic heterocycles. The van der Waals surface area contributed by atoms with Crippen molar-refractivity contribution in [2.45, 2.75) is 26.3 Å². The van der Waals surface area contributed by atoms with E-state index in [1.54, 1.807) is 6.92 Å². The number of rotatable bonds is 7. The summed E-state index contributed by atoms with van der Waals surface area (Å²) in [5.41, 5.74) is 5.02. The van der Waals surface area contributed by atoms with Crippen molar-refractivity contribution in [1.82, 2.24) is 5.32 Å². The fourth-order valence-corrected chi connectivity index (χ4v) is 1.01. The number of esters is 2. The third-order valence-electron chi connectivity index (χ3n) is 1.76. The van der Waals surface area contributed by atoms with Gasteiger partial charge in [0, 0.05) is 6.92 Å². The first-order valence-electron chi connectivity index (χ1n) is 5.24. The van der Waals surface area contributed by atoms with Crippen molar-refractivity contribution in [3.63, 3.8) is 0 Å². The zero-order valence-electron chi connectivity index (χ0n) is 10.2. The minimum Gasteiger partial charge on any atom is -0.466 e. The topological polar surface area (TPSA) is 125 Å². The van der Waals surface area contributed by atoms with Crippen molar-refractivity contribution in [2.75, 3.05) is 13.2 Å². The molecule has 8 nitrogen and oxygen atoms in total. The summed E-state index contributed by atoms with van der Waals surface area (Å²) in [6, 6.07) is -1.19. The molecule has 3 N–H and O–H groups in total. The van der Waals surface area contributed by atoms with Crippen LogP contribution in [0.4, 0.5) is 0 Å². The normalized spacial score (nSPS) is 11.2. The maximum Gasteiger partial charge on any atom is 0.308 e. The van der Waals surface area contributed by atoms with E-state index in [4.69, 9.17) is 5.73 Å². The van der Waals surface area contributed by atoms with E-state index in [1.807, 2.05) is 0 Å². The van der Waals surface area contributed by atoms with E-state index in [9.17, 15) is 19.2 Å². The lowest BCUT2D eigenvalue weighted by Gasteiger charge is -2.14. The van der Waals surface area contributed by atoms with E-state index in [1.165, 1.54) is 0 Å². The largest absolute Gasteiger partial charge is 0.466 e. The number of hydrogen-bond acceptors (Lipinski definition) is 6. The maximum absolute atomic E-state index is 11.3. The summed E-state index contributed by atoms with van der Waals surface area (Å²) in [6.45, 7) is 2.36. The summed E-state index contributed by atoms with van der Waals surface area (Å²) < 4.78 is 9.04. The third-order valence-corrected chi connectivity index (χ3v) is 1.76. The number of ether oxygens (including phenoxy) is 2. The summed E-state index contributed by atoms with van der Waals surface area (Å²) in [5, 5.41) is 2.17. The van der Waals surface area contributed by atoms with Crippen LogP contribution >= 0.6 is 0 Å². The predicted molar refractivity (Wildman–Crippen MR) is 59.0 cm³/mol. The van der Waals surface area contributed by atoms with Gasteiger partial charge in [0.1, 0.15) is 6.04 Å². The summed E-state index contributed by atoms with van der Waals surface area (Å²) in [4.78, 5) is 43.9. The van der Waals surface area contributed by atoms with Crippen molar-refractivity contribution >= 4 is 23.8 Å². The van der Waals surface area contributed by atoms with Gasteiger partial charge < -0.3 is 20.5 Å². The number of primary amides is 1. The summed E-state index contributed by atoms with van der Waals surface area (Å²) in [6.07, 6.45) is -0.366. The number of amides is 2. The zero-order valence-corrected chi connectivity index (χ0v) is 10.2. The van der Waals surface area contributed by atoms with Crippen LogP contribution in [0.5, 0.6) is 0 Å². The van der Waals surface area contributed by atoms with Crippen LogP contribution < -0.4 is 11.1 Å².